The molecule has 1 atom stereocenters. The lowest BCUT2D eigenvalue weighted by atomic mass is 10.2. The summed E-state index contributed by atoms with van der Waals surface area (Å²) in [6, 6.07) is 0.602. The number of morpholine rings is 1. The van der Waals surface area contributed by atoms with Crippen LogP contribution in [0, 0.1) is 0 Å². The number of ether oxygens (including phenoxy) is 1. The number of hydrogen-bond acceptors (Lipinski definition) is 5. The Hall–Kier alpha value is -1.18. The van der Waals surface area contributed by atoms with Crippen molar-refractivity contribution in [1.29, 1.82) is 0 Å². The van der Waals surface area contributed by atoms with Gasteiger partial charge in [-0.25, -0.2) is 9.97 Å². The maximum Gasteiger partial charge on any atom is 0.180 e. The van der Waals surface area contributed by atoms with Crippen molar-refractivity contribution in [1.82, 2.24) is 19.3 Å². The molecule has 0 N–H and O–H groups in total. The zero-order valence-corrected chi connectivity index (χ0v) is 13.4. The molecule has 2 aromatic rings. The van der Waals surface area contributed by atoms with Crippen LogP contribution < -0.4 is 4.90 Å². The Morgan fingerprint density at radius 1 is 1.24 bits per heavy atom. The fourth-order valence-electron chi connectivity index (χ4n) is 3.27. The molecule has 0 spiro atoms. The number of hydrogen-bond donors (Lipinski definition) is 0. The van der Waals surface area contributed by atoms with Crippen molar-refractivity contribution in [2.24, 2.45) is 0 Å². The van der Waals surface area contributed by atoms with Crippen LogP contribution in [0.2, 0.25) is 0 Å². The van der Waals surface area contributed by atoms with Crippen molar-refractivity contribution >= 4 is 27.4 Å². The van der Waals surface area contributed by atoms with Gasteiger partial charge in [0.1, 0.15) is 4.60 Å². The molecule has 6 nitrogen and oxygen atoms in total. The summed E-state index contributed by atoms with van der Waals surface area (Å²) in [5.74, 6) is 0.977. The quantitative estimate of drug-likeness (QED) is 0.818. The van der Waals surface area contributed by atoms with Crippen molar-refractivity contribution in [3.05, 3.63) is 23.2 Å². The van der Waals surface area contributed by atoms with Crippen LogP contribution in [0.3, 0.4) is 0 Å². The first-order valence-corrected chi connectivity index (χ1v) is 8.16. The molecule has 0 saturated carbocycles. The summed E-state index contributed by atoms with van der Waals surface area (Å²) in [6.07, 6.45) is 6.91. The Kier molecular flexibility index (Phi) is 3.56. The molecular weight excluding hydrogens is 334 g/mol. The van der Waals surface area contributed by atoms with E-state index in [0.717, 1.165) is 55.5 Å². The highest BCUT2D eigenvalue weighted by molar-refractivity contribution is 9.10. The van der Waals surface area contributed by atoms with Gasteiger partial charge in [0.15, 0.2) is 11.5 Å². The maximum atomic E-state index is 5.45. The second-order valence-electron chi connectivity index (χ2n) is 5.58. The maximum absolute atomic E-state index is 5.45. The van der Waals surface area contributed by atoms with Gasteiger partial charge >= 0.3 is 0 Å². The molecule has 21 heavy (non-hydrogen) atoms. The third kappa shape index (κ3) is 2.54. The molecule has 0 aliphatic carbocycles. The Balaban J connectivity index is 1.57. The van der Waals surface area contributed by atoms with Gasteiger partial charge in [-0.05, 0) is 22.4 Å². The number of nitrogens with zero attached hydrogens (tertiary/aromatic N) is 5. The summed E-state index contributed by atoms with van der Waals surface area (Å²) in [5.41, 5.74) is 0.931. The van der Waals surface area contributed by atoms with Crippen LogP contribution in [-0.2, 0) is 4.74 Å². The zero-order chi connectivity index (χ0) is 14.2. The average Bonchev–Trinajstić information content (AvgIpc) is 3.16. The Morgan fingerprint density at radius 2 is 2.10 bits per heavy atom. The molecule has 2 aliphatic rings. The lowest BCUT2D eigenvalue weighted by Crippen LogP contribution is -2.44. The van der Waals surface area contributed by atoms with Crippen LogP contribution >= 0.6 is 15.9 Å². The van der Waals surface area contributed by atoms with Crippen molar-refractivity contribution in [2.75, 3.05) is 44.3 Å². The normalized spacial score (nSPS) is 24.0. The number of anilines is 1. The minimum absolute atomic E-state index is 0.602. The molecule has 2 saturated heterocycles. The second-order valence-corrected chi connectivity index (χ2v) is 6.39. The van der Waals surface area contributed by atoms with E-state index in [2.05, 4.69) is 35.7 Å². The van der Waals surface area contributed by atoms with E-state index in [1.165, 1.54) is 6.42 Å². The fourth-order valence-corrected chi connectivity index (χ4v) is 3.66. The van der Waals surface area contributed by atoms with Crippen LogP contribution in [0.25, 0.3) is 5.65 Å². The second kappa shape index (κ2) is 5.55. The van der Waals surface area contributed by atoms with Crippen molar-refractivity contribution in [2.45, 2.75) is 12.5 Å². The zero-order valence-electron chi connectivity index (χ0n) is 11.8. The summed E-state index contributed by atoms with van der Waals surface area (Å²) in [7, 11) is 0. The molecule has 1 unspecified atom stereocenters. The van der Waals surface area contributed by atoms with Crippen LogP contribution in [-0.4, -0.2) is 64.7 Å². The number of aromatic nitrogens is 3. The van der Waals surface area contributed by atoms with Gasteiger partial charge in [-0.15, -0.1) is 0 Å². The van der Waals surface area contributed by atoms with Crippen LogP contribution in [0.4, 0.5) is 5.82 Å². The van der Waals surface area contributed by atoms with E-state index in [9.17, 15) is 0 Å². The third-order valence-electron chi connectivity index (χ3n) is 4.35. The van der Waals surface area contributed by atoms with Gasteiger partial charge in [0.25, 0.3) is 0 Å². The van der Waals surface area contributed by atoms with E-state index < -0.39 is 0 Å². The summed E-state index contributed by atoms with van der Waals surface area (Å²) in [6.45, 7) is 5.86. The first-order valence-electron chi connectivity index (χ1n) is 7.37. The Bertz CT molecular complexity index is 639. The highest BCUT2D eigenvalue weighted by Crippen LogP contribution is 2.26. The first kappa shape index (κ1) is 13.5. The summed E-state index contributed by atoms with van der Waals surface area (Å²) >= 11 is 3.49. The van der Waals surface area contributed by atoms with Gasteiger partial charge in [-0.3, -0.25) is 4.90 Å². The van der Waals surface area contributed by atoms with Gasteiger partial charge in [0, 0.05) is 50.8 Å². The largest absolute Gasteiger partial charge is 0.379 e. The van der Waals surface area contributed by atoms with Gasteiger partial charge in [0.2, 0.25) is 0 Å². The van der Waals surface area contributed by atoms with E-state index in [1.807, 2.05) is 23.0 Å². The fraction of sp³-hybridized carbons (Fsp3) is 0.571. The molecule has 112 valence electrons. The molecule has 4 rings (SSSR count). The Morgan fingerprint density at radius 3 is 2.95 bits per heavy atom. The highest BCUT2D eigenvalue weighted by atomic mass is 79.9. The Labute approximate surface area is 131 Å². The SMILES string of the molecule is Brc1cn2ccnc2c(N2CCC(N3CCOCC3)C2)n1. The smallest absolute Gasteiger partial charge is 0.180 e. The molecule has 0 amide bonds. The van der Waals surface area contributed by atoms with E-state index in [1.54, 1.807) is 0 Å². The van der Waals surface area contributed by atoms with Crippen LogP contribution in [0.5, 0.6) is 0 Å². The van der Waals surface area contributed by atoms with Gasteiger partial charge in [0.05, 0.1) is 13.2 Å². The van der Waals surface area contributed by atoms with Crippen LogP contribution in [0.15, 0.2) is 23.2 Å². The molecule has 0 radical (unpaired) electrons. The standard InChI is InChI=1S/C14H18BrN5O/c15-12-10-20-4-2-16-13(20)14(17-12)19-3-1-11(9-19)18-5-7-21-8-6-18/h2,4,10-11H,1,3,5-9H2. The molecule has 0 bridgehead atoms. The average molecular weight is 352 g/mol. The van der Waals surface area contributed by atoms with Crippen molar-refractivity contribution < 1.29 is 4.74 Å². The summed E-state index contributed by atoms with van der Waals surface area (Å²) in [5, 5.41) is 0. The van der Waals surface area contributed by atoms with Crippen molar-refractivity contribution in [3.63, 3.8) is 0 Å². The monoisotopic (exact) mass is 351 g/mol. The summed E-state index contributed by atoms with van der Waals surface area (Å²) in [4.78, 5) is 14.0. The molecule has 0 aromatic carbocycles. The topological polar surface area (TPSA) is 45.9 Å². The van der Waals surface area contributed by atoms with Gasteiger partial charge in [-0.1, -0.05) is 0 Å². The number of fused-ring (bicyclic) bond motifs is 1. The number of halogens is 1. The molecule has 4 heterocycles. The molecule has 2 aromatic heterocycles. The minimum atomic E-state index is 0.602. The molecule has 2 aliphatic heterocycles. The van der Waals surface area contributed by atoms with Gasteiger partial charge in [-0.2, -0.15) is 0 Å². The van der Waals surface area contributed by atoms with Gasteiger partial charge < -0.3 is 14.0 Å². The lowest BCUT2D eigenvalue weighted by Gasteiger charge is -2.32. The van der Waals surface area contributed by atoms with E-state index >= 15 is 0 Å². The first-order chi connectivity index (χ1) is 10.3. The molecule has 2 fully saturated rings. The van der Waals surface area contributed by atoms with E-state index in [0.29, 0.717) is 6.04 Å². The number of imidazole rings is 1. The van der Waals surface area contributed by atoms with E-state index in [-0.39, 0.29) is 0 Å². The lowest BCUT2D eigenvalue weighted by molar-refractivity contribution is 0.0209. The summed E-state index contributed by atoms with van der Waals surface area (Å²) < 4.78 is 8.31. The third-order valence-corrected chi connectivity index (χ3v) is 4.73. The van der Waals surface area contributed by atoms with E-state index in [4.69, 9.17) is 4.74 Å². The van der Waals surface area contributed by atoms with Crippen molar-refractivity contribution in [3.8, 4) is 0 Å². The predicted octanol–water partition coefficient (Wildman–Crippen LogP) is 1.40. The molecular formula is C14H18BrN5O. The van der Waals surface area contributed by atoms with Crippen LogP contribution in [0.1, 0.15) is 6.42 Å². The molecule has 7 heteroatoms. The number of rotatable bonds is 2. The predicted molar refractivity (Wildman–Crippen MR) is 83.7 cm³/mol. The minimum Gasteiger partial charge on any atom is -0.379 e. The highest BCUT2D eigenvalue weighted by Gasteiger charge is 2.30.